The third-order valence-electron chi connectivity index (χ3n) is 3.36. The Hall–Kier alpha value is 0.179. The van der Waals surface area contributed by atoms with E-state index in [0.717, 1.165) is 0 Å². The van der Waals surface area contributed by atoms with Crippen molar-refractivity contribution in [1.29, 1.82) is 0 Å². The number of rotatable bonds is 3. The van der Waals surface area contributed by atoms with Crippen LogP contribution in [0.25, 0.3) is 0 Å². The standard InChI is InChI=1S/C13H20BrOSe/c1-4-5-10-16(14)13-9-7-6-8-12(13)11(2)15(16)3/h6-9,11H,4-5,10H2,1-3H3/q+1/t11-/m0/s1. The molecule has 0 spiro atoms. The number of fused-ring (bicyclic) bond motifs is 1. The average molecular weight is 351 g/mol. The summed E-state index contributed by atoms with van der Waals surface area (Å²) in [6.45, 7) is 4.55. The Morgan fingerprint density at radius 2 is 2.06 bits per heavy atom. The summed E-state index contributed by atoms with van der Waals surface area (Å²) in [5.41, 5.74) is 1.50. The van der Waals surface area contributed by atoms with Gasteiger partial charge in [-0.05, 0) is 0 Å². The van der Waals surface area contributed by atoms with Crippen molar-refractivity contribution in [3.8, 4) is 0 Å². The van der Waals surface area contributed by atoms with Crippen LogP contribution in [0.2, 0.25) is 5.32 Å². The Balaban J connectivity index is 2.39. The van der Waals surface area contributed by atoms with Crippen LogP contribution in [0.1, 0.15) is 38.4 Å². The summed E-state index contributed by atoms with van der Waals surface area (Å²) in [6, 6.07) is 8.91. The molecule has 1 aliphatic heterocycles. The molecule has 1 aliphatic rings. The van der Waals surface area contributed by atoms with Gasteiger partial charge in [0.15, 0.2) is 0 Å². The molecule has 0 saturated heterocycles. The van der Waals surface area contributed by atoms with Gasteiger partial charge in [0.1, 0.15) is 0 Å². The number of benzene rings is 1. The molecule has 1 aromatic carbocycles. The molecule has 0 bridgehead atoms. The molecule has 0 fully saturated rings. The van der Waals surface area contributed by atoms with Crippen LogP contribution < -0.4 is 4.46 Å². The molecule has 1 aromatic rings. The summed E-state index contributed by atoms with van der Waals surface area (Å²) in [5, 5.41) is 1.30. The summed E-state index contributed by atoms with van der Waals surface area (Å²) in [4.78, 5) is 0. The Kier molecular flexibility index (Phi) is 3.80. The molecule has 16 heavy (non-hydrogen) atoms. The molecule has 0 amide bonds. The van der Waals surface area contributed by atoms with Crippen LogP contribution >= 0.6 is 14.1 Å². The molecule has 0 N–H and O–H groups in total. The topological polar surface area (TPSA) is 2.70 Å². The fourth-order valence-electron chi connectivity index (χ4n) is 2.21. The van der Waals surface area contributed by atoms with Crippen molar-refractivity contribution in [1.82, 2.24) is 0 Å². The van der Waals surface area contributed by atoms with E-state index >= 15 is 0 Å². The third kappa shape index (κ3) is 1.88. The van der Waals surface area contributed by atoms with E-state index in [0.29, 0.717) is 6.10 Å². The molecule has 0 saturated carbocycles. The Morgan fingerprint density at radius 3 is 2.75 bits per heavy atom. The molecule has 2 atom stereocenters. The quantitative estimate of drug-likeness (QED) is 0.576. The summed E-state index contributed by atoms with van der Waals surface area (Å²) in [5.74, 6) is 0. The van der Waals surface area contributed by atoms with Crippen molar-refractivity contribution >= 4 is 29.9 Å². The number of unbranched alkanes of at least 4 members (excludes halogenated alkanes) is 1. The number of halogens is 1. The molecule has 1 nitrogen and oxygen atoms in total. The van der Waals surface area contributed by atoms with Crippen molar-refractivity contribution in [3.63, 3.8) is 0 Å². The second-order valence-corrected chi connectivity index (χ2v) is 15.1. The number of hydrogen-bond donors (Lipinski definition) is 0. The van der Waals surface area contributed by atoms with Gasteiger partial charge in [-0.2, -0.15) is 0 Å². The van der Waals surface area contributed by atoms with E-state index in [4.69, 9.17) is 0 Å². The van der Waals surface area contributed by atoms with Crippen LogP contribution in [0.4, 0.5) is 0 Å². The first kappa shape index (κ1) is 12.6. The van der Waals surface area contributed by atoms with Crippen LogP contribution in [0.5, 0.6) is 0 Å². The zero-order valence-corrected chi connectivity index (χ0v) is 13.5. The van der Waals surface area contributed by atoms with Gasteiger partial charge in [-0.25, -0.2) is 0 Å². The van der Waals surface area contributed by atoms with Crippen LogP contribution in [-0.2, 0) is 3.45 Å². The van der Waals surface area contributed by atoms with Crippen molar-refractivity contribution in [2.45, 2.75) is 38.1 Å². The van der Waals surface area contributed by atoms with Gasteiger partial charge in [-0.15, -0.1) is 0 Å². The zero-order chi connectivity index (χ0) is 11.8. The molecule has 0 radical (unpaired) electrons. The fraction of sp³-hybridized carbons (Fsp3) is 0.538. The summed E-state index contributed by atoms with van der Waals surface area (Å²) in [7, 11) is 2.20. The number of hydrogen-bond acceptors (Lipinski definition) is 0. The van der Waals surface area contributed by atoms with Gasteiger partial charge in [-0.1, -0.05) is 0 Å². The van der Waals surface area contributed by atoms with Gasteiger partial charge in [0.05, 0.1) is 0 Å². The first-order valence-corrected chi connectivity index (χ1v) is 12.6. The van der Waals surface area contributed by atoms with E-state index in [1.165, 1.54) is 23.7 Å². The predicted molar refractivity (Wildman–Crippen MR) is 75.9 cm³/mol. The molecule has 0 aromatic heterocycles. The Labute approximate surface area is 108 Å². The molecule has 90 valence electrons. The fourth-order valence-corrected chi connectivity index (χ4v) is 12.1. The van der Waals surface area contributed by atoms with E-state index in [1.54, 1.807) is 4.46 Å². The van der Waals surface area contributed by atoms with E-state index in [9.17, 15) is 0 Å². The first-order chi connectivity index (χ1) is 7.61. The molecule has 2 rings (SSSR count). The average Bonchev–Trinajstić information content (AvgIpc) is 2.51. The van der Waals surface area contributed by atoms with Crippen LogP contribution in [0, 0.1) is 0 Å². The van der Waals surface area contributed by atoms with Gasteiger partial charge in [0.2, 0.25) is 0 Å². The summed E-state index contributed by atoms with van der Waals surface area (Å²) < 4.78 is 5.06. The zero-order valence-electron chi connectivity index (χ0n) is 10.2. The SMILES string of the molecule is CCCC[Se]1(Br)c2ccccc2[C@H](C)[O+]1C. The van der Waals surface area contributed by atoms with Gasteiger partial charge in [-0.3, -0.25) is 0 Å². The predicted octanol–water partition coefficient (Wildman–Crippen LogP) is 3.79. The van der Waals surface area contributed by atoms with Crippen LogP contribution in [0.3, 0.4) is 0 Å². The van der Waals surface area contributed by atoms with E-state index in [2.05, 4.69) is 62.8 Å². The van der Waals surface area contributed by atoms with E-state index in [1.807, 2.05) is 0 Å². The third-order valence-corrected chi connectivity index (χ3v) is 15.2. The molecule has 0 aliphatic carbocycles. The second kappa shape index (κ2) is 4.81. The first-order valence-electron chi connectivity index (χ1n) is 5.86. The van der Waals surface area contributed by atoms with Crippen molar-refractivity contribution in [3.05, 3.63) is 29.8 Å². The van der Waals surface area contributed by atoms with Crippen molar-refractivity contribution < 1.29 is 3.45 Å². The summed E-state index contributed by atoms with van der Waals surface area (Å²) in [6.07, 6.45) is 3.08. The minimum absolute atomic E-state index is 0.493. The minimum atomic E-state index is -1.83. The van der Waals surface area contributed by atoms with Crippen LogP contribution in [0.15, 0.2) is 24.3 Å². The normalized spacial score (nSPS) is 33.4. The maximum absolute atomic E-state index is 4.10. The Bertz CT molecular complexity index is 382. The molecule has 1 unspecified atom stereocenters. The molecule has 1 heterocycles. The molecular weight excluding hydrogens is 331 g/mol. The van der Waals surface area contributed by atoms with Crippen LogP contribution in [-0.4, -0.2) is 18.5 Å². The summed E-state index contributed by atoms with van der Waals surface area (Å²) >= 11 is 2.26. The monoisotopic (exact) mass is 351 g/mol. The van der Waals surface area contributed by atoms with E-state index < -0.39 is 11.4 Å². The Morgan fingerprint density at radius 1 is 1.38 bits per heavy atom. The van der Waals surface area contributed by atoms with E-state index in [-0.39, 0.29) is 0 Å². The van der Waals surface area contributed by atoms with Gasteiger partial charge in [0, 0.05) is 0 Å². The maximum atomic E-state index is 4.10. The van der Waals surface area contributed by atoms with Crippen molar-refractivity contribution in [2.75, 3.05) is 7.11 Å². The van der Waals surface area contributed by atoms with Gasteiger partial charge < -0.3 is 0 Å². The van der Waals surface area contributed by atoms with Crippen molar-refractivity contribution in [2.24, 2.45) is 0 Å². The van der Waals surface area contributed by atoms with Gasteiger partial charge in [0.25, 0.3) is 0 Å². The molecular formula is C13H20BrOSe+. The second-order valence-electron chi connectivity index (χ2n) is 4.33. The van der Waals surface area contributed by atoms with Gasteiger partial charge >= 0.3 is 108 Å². The molecule has 3 heteroatoms.